The Morgan fingerprint density at radius 1 is 1.16 bits per heavy atom. The molecule has 0 radical (unpaired) electrons. The smallest absolute Gasteiger partial charge is 0.387 e. The second-order valence-corrected chi connectivity index (χ2v) is 8.68. The fourth-order valence-electron chi connectivity index (χ4n) is 3.74. The van der Waals surface area contributed by atoms with Crippen LogP contribution < -0.4 is 10.1 Å². The standard InChI is InChI=1S/C22H21ClF2N4O2S/c23-18-8-4-3-7-17(18)20-27-28-22(29(20)15-5-1-2-6-15)32-13-19(30)26-14-9-11-16(12-10-14)31-21(24)25/h3-4,7-12,15,21H,1-2,5-6,13H2,(H,26,30). The molecule has 1 fully saturated rings. The highest BCUT2D eigenvalue weighted by atomic mass is 35.5. The second-order valence-electron chi connectivity index (χ2n) is 7.33. The van der Waals surface area contributed by atoms with Crippen molar-refractivity contribution in [3.8, 4) is 17.1 Å². The Balaban J connectivity index is 1.46. The molecule has 4 rings (SSSR count). The topological polar surface area (TPSA) is 69.0 Å². The van der Waals surface area contributed by atoms with E-state index >= 15 is 0 Å². The van der Waals surface area contributed by atoms with Crippen LogP contribution in [0.4, 0.5) is 14.5 Å². The van der Waals surface area contributed by atoms with E-state index in [4.69, 9.17) is 11.6 Å². The van der Waals surface area contributed by atoms with Gasteiger partial charge in [-0.1, -0.05) is 48.3 Å². The van der Waals surface area contributed by atoms with Crippen molar-refractivity contribution in [2.45, 2.75) is 43.5 Å². The maximum Gasteiger partial charge on any atom is 0.387 e. The third kappa shape index (κ3) is 5.39. The molecule has 1 heterocycles. The number of anilines is 1. The van der Waals surface area contributed by atoms with Gasteiger partial charge in [0.05, 0.1) is 10.8 Å². The number of ether oxygens (including phenoxy) is 1. The molecule has 1 saturated carbocycles. The predicted octanol–water partition coefficient (Wildman–Crippen LogP) is 6.05. The van der Waals surface area contributed by atoms with E-state index in [-0.39, 0.29) is 23.5 Å². The van der Waals surface area contributed by atoms with E-state index in [1.54, 1.807) is 0 Å². The molecule has 0 aliphatic heterocycles. The molecule has 10 heteroatoms. The highest BCUT2D eigenvalue weighted by molar-refractivity contribution is 7.99. The summed E-state index contributed by atoms with van der Waals surface area (Å²) >= 11 is 7.71. The molecule has 0 bridgehead atoms. The van der Waals surface area contributed by atoms with Crippen LogP contribution in [-0.4, -0.2) is 33.0 Å². The SMILES string of the molecule is O=C(CSc1nnc(-c2ccccc2Cl)n1C1CCCC1)Nc1ccc(OC(F)F)cc1. The van der Waals surface area contributed by atoms with Gasteiger partial charge in [-0.05, 0) is 49.2 Å². The van der Waals surface area contributed by atoms with Gasteiger partial charge in [-0.3, -0.25) is 9.36 Å². The Labute approximate surface area is 193 Å². The molecule has 0 spiro atoms. The van der Waals surface area contributed by atoms with Gasteiger partial charge < -0.3 is 10.1 Å². The maximum atomic E-state index is 12.5. The van der Waals surface area contributed by atoms with Gasteiger partial charge in [-0.25, -0.2) is 0 Å². The molecule has 0 saturated heterocycles. The zero-order chi connectivity index (χ0) is 22.5. The molecule has 1 aliphatic rings. The number of carbonyl (C=O) groups is 1. The summed E-state index contributed by atoms with van der Waals surface area (Å²) in [6, 6.07) is 13.6. The lowest BCUT2D eigenvalue weighted by Gasteiger charge is -2.17. The van der Waals surface area contributed by atoms with Gasteiger partial charge in [0.15, 0.2) is 11.0 Å². The van der Waals surface area contributed by atoms with Crippen molar-refractivity contribution >= 4 is 35.0 Å². The van der Waals surface area contributed by atoms with E-state index in [0.29, 0.717) is 21.7 Å². The van der Waals surface area contributed by atoms with Crippen molar-refractivity contribution in [2.24, 2.45) is 0 Å². The summed E-state index contributed by atoms with van der Waals surface area (Å²) in [5.41, 5.74) is 1.31. The Bertz CT molecular complexity index is 1070. The summed E-state index contributed by atoms with van der Waals surface area (Å²) in [4.78, 5) is 12.5. The van der Waals surface area contributed by atoms with Gasteiger partial charge in [-0.15, -0.1) is 10.2 Å². The van der Waals surface area contributed by atoms with Crippen molar-refractivity contribution in [1.82, 2.24) is 14.8 Å². The predicted molar refractivity (Wildman–Crippen MR) is 120 cm³/mol. The van der Waals surface area contributed by atoms with Crippen LogP contribution in [-0.2, 0) is 4.79 Å². The normalized spacial score (nSPS) is 14.1. The first-order chi connectivity index (χ1) is 15.5. The second kappa shape index (κ2) is 10.3. The third-order valence-corrected chi connectivity index (χ3v) is 6.44. The van der Waals surface area contributed by atoms with Crippen LogP contribution >= 0.6 is 23.4 Å². The molecule has 6 nitrogen and oxygen atoms in total. The van der Waals surface area contributed by atoms with Crippen LogP contribution in [0.3, 0.4) is 0 Å². The Hall–Kier alpha value is -2.65. The number of carbonyl (C=O) groups excluding carboxylic acids is 1. The number of benzene rings is 2. The summed E-state index contributed by atoms with van der Waals surface area (Å²) < 4.78 is 30.9. The fraction of sp³-hybridized carbons (Fsp3) is 0.318. The first-order valence-electron chi connectivity index (χ1n) is 10.2. The number of aromatic nitrogens is 3. The number of thioether (sulfide) groups is 1. The van der Waals surface area contributed by atoms with Gasteiger partial charge in [0.2, 0.25) is 5.91 Å². The van der Waals surface area contributed by atoms with E-state index in [9.17, 15) is 13.6 Å². The molecule has 1 amide bonds. The molecular formula is C22H21ClF2N4O2S. The van der Waals surface area contributed by atoms with Crippen LogP contribution in [0.5, 0.6) is 5.75 Å². The highest BCUT2D eigenvalue weighted by Crippen LogP contribution is 2.38. The molecule has 1 aromatic heterocycles. The number of nitrogens with one attached hydrogen (secondary N) is 1. The molecule has 1 N–H and O–H groups in total. The van der Waals surface area contributed by atoms with Crippen molar-refractivity contribution < 1.29 is 18.3 Å². The molecule has 1 aliphatic carbocycles. The van der Waals surface area contributed by atoms with Crippen molar-refractivity contribution in [2.75, 3.05) is 11.1 Å². The van der Waals surface area contributed by atoms with E-state index in [0.717, 1.165) is 31.2 Å². The monoisotopic (exact) mass is 478 g/mol. The highest BCUT2D eigenvalue weighted by Gasteiger charge is 2.26. The first-order valence-corrected chi connectivity index (χ1v) is 11.5. The lowest BCUT2D eigenvalue weighted by atomic mass is 10.2. The lowest BCUT2D eigenvalue weighted by Crippen LogP contribution is -2.15. The minimum Gasteiger partial charge on any atom is -0.435 e. The number of halogens is 3. The van der Waals surface area contributed by atoms with Crippen molar-refractivity contribution in [3.63, 3.8) is 0 Å². The molecule has 0 unspecified atom stereocenters. The summed E-state index contributed by atoms with van der Waals surface area (Å²) in [6.07, 6.45) is 4.34. The number of alkyl halides is 2. The zero-order valence-electron chi connectivity index (χ0n) is 17.0. The van der Waals surface area contributed by atoms with Crippen LogP contribution in [0, 0.1) is 0 Å². The fourth-order valence-corrected chi connectivity index (χ4v) is 4.77. The molecule has 0 atom stereocenters. The van der Waals surface area contributed by atoms with Gasteiger partial charge in [0, 0.05) is 17.3 Å². The Kier molecular flexibility index (Phi) is 7.26. The maximum absolute atomic E-state index is 12.5. The number of rotatable bonds is 8. The largest absolute Gasteiger partial charge is 0.435 e. The quantitative estimate of drug-likeness (QED) is 0.399. The average Bonchev–Trinajstić information content (AvgIpc) is 3.43. The van der Waals surface area contributed by atoms with Gasteiger partial charge >= 0.3 is 6.61 Å². The molecule has 168 valence electrons. The number of amides is 1. The van der Waals surface area contributed by atoms with Crippen molar-refractivity contribution in [3.05, 3.63) is 53.6 Å². The number of nitrogens with zero attached hydrogens (tertiary/aromatic N) is 3. The number of hydrogen-bond donors (Lipinski definition) is 1. The molecule has 3 aromatic rings. The summed E-state index contributed by atoms with van der Waals surface area (Å²) in [5, 5.41) is 12.8. The minimum absolute atomic E-state index is 0.0316. The van der Waals surface area contributed by atoms with E-state index in [1.807, 2.05) is 24.3 Å². The van der Waals surface area contributed by atoms with Crippen LogP contribution in [0.1, 0.15) is 31.7 Å². The van der Waals surface area contributed by atoms with E-state index in [1.165, 1.54) is 36.0 Å². The Morgan fingerprint density at radius 3 is 2.56 bits per heavy atom. The number of hydrogen-bond acceptors (Lipinski definition) is 5. The zero-order valence-corrected chi connectivity index (χ0v) is 18.6. The Morgan fingerprint density at radius 2 is 1.88 bits per heavy atom. The van der Waals surface area contributed by atoms with Gasteiger partial charge in [0.25, 0.3) is 0 Å². The first kappa shape index (κ1) is 22.5. The third-order valence-electron chi connectivity index (χ3n) is 5.16. The molecular weight excluding hydrogens is 458 g/mol. The van der Waals surface area contributed by atoms with Gasteiger partial charge in [-0.2, -0.15) is 8.78 Å². The summed E-state index contributed by atoms with van der Waals surface area (Å²) in [6.45, 7) is -2.89. The van der Waals surface area contributed by atoms with Crippen LogP contribution in [0.25, 0.3) is 11.4 Å². The van der Waals surface area contributed by atoms with Crippen molar-refractivity contribution in [1.29, 1.82) is 0 Å². The van der Waals surface area contributed by atoms with Crippen LogP contribution in [0.15, 0.2) is 53.7 Å². The van der Waals surface area contributed by atoms with Gasteiger partial charge in [0.1, 0.15) is 5.75 Å². The minimum atomic E-state index is -2.89. The molecule has 32 heavy (non-hydrogen) atoms. The van der Waals surface area contributed by atoms with Crippen LogP contribution in [0.2, 0.25) is 5.02 Å². The summed E-state index contributed by atoms with van der Waals surface area (Å²) in [7, 11) is 0. The van der Waals surface area contributed by atoms with E-state index in [2.05, 4.69) is 24.8 Å². The average molecular weight is 479 g/mol. The lowest BCUT2D eigenvalue weighted by molar-refractivity contribution is -0.113. The summed E-state index contributed by atoms with van der Waals surface area (Å²) in [5.74, 6) is 0.629. The molecule has 2 aromatic carbocycles. The van der Waals surface area contributed by atoms with E-state index < -0.39 is 6.61 Å².